The lowest BCUT2D eigenvalue weighted by atomic mass is 9.81. The highest BCUT2D eigenvalue weighted by Crippen LogP contribution is 2.30. The molecule has 0 aromatic heterocycles. The predicted molar refractivity (Wildman–Crippen MR) is 70.5 cm³/mol. The van der Waals surface area contributed by atoms with Gasteiger partial charge in [0.2, 0.25) is 0 Å². The van der Waals surface area contributed by atoms with Crippen molar-refractivity contribution in [3.8, 4) is 0 Å². The fraction of sp³-hybridized carbons (Fsp3) is 0.867. The minimum Gasteiger partial charge on any atom is -0.310 e. The molecule has 0 aromatic rings. The van der Waals surface area contributed by atoms with Crippen molar-refractivity contribution in [2.24, 2.45) is 11.8 Å². The van der Waals surface area contributed by atoms with Crippen molar-refractivity contribution >= 4 is 0 Å². The molecule has 2 aliphatic carbocycles. The Labute approximate surface area is 101 Å². The number of hydrogen-bond acceptors (Lipinski definition) is 1. The third-order valence-corrected chi connectivity index (χ3v) is 4.10. The van der Waals surface area contributed by atoms with Crippen LogP contribution in [-0.2, 0) is 0 Å². The SMILES string of the molecule is CCC(=CC1CCCC(C)C1)CNC1CC1. The van der Waals surface area contributed by atoms with Crippen LogP contribution in [-0.4, -0.2) is 12.6 Å². The lowest BCUT2D eigenvalue weighted by Gasteiger charge is -2.25. The highest BCUT2D eigenvalue weighted by molar-refractivity contribution is 5.07. The molecule has 16 heavy (non-hydrogen) atoms. The van der Waals surface area contributed by atoms with Gasteiger partial charge in [0.1, 0.15) is 0 Å². The molecule has 2 fully saturated rings. The predicted octanol–water partition coefficient (Wildman–Crippen LogP) is 3.90. The summed E-state index contributed by atoms with van der Waals surface area (Å²) in [5, 5.41) is 3.64. The average molecular weight is 221 g/mol. The summed E-state index contributed by atoms with van der Waals surface area (Å²) >= 11 is 0. The molecule has 0 aromatic carbocycles. The quantitative estimate of drug-likeness (QED) is 0.694. The van der Waals surface area contributed by atoms with Crippen LogP contribution >= 0.6 is 0 Å². The van der Waals surface area contributed by atoms with Gasteiger partial charge in [0.25, 0.3) is 0 Å². The van der Waals surface area contributed by atoms with E-state index in [4.69, 9.17) is 0 Å². The summed E-state index contributed by atoms with van der Waals surface area (Å²) in [4.78, 5) is 0. The number of hydrogen-bond donors (Lipinski definition) is 1. The van der Waals surface area contributed by atoms with Gasteiger partial charge in [-0.15, -0.1) is 0 Å². The van der Waals surface area contributed by atoms with Crippen molar-refractivity contribution in [3.63, 3.8) is 0 Å². The maximum atomic E-state index is 3.64. The molecule has 2 aliphatic rings. The van der Waals surface area contributed by atoms with E-state index in [0.29, 0.717) is 0 Å². The van der Waals surface area contributed by atoms with Crippen LogP contribution in [0.1, 0.15) is 58.8 Å². The zero-order valence-corrected chi connectivity index (χ0v) is 11.0. The Morgan fingerprint density at radius 1 is 1.25 bits per heavy atom. The van der Waals surface area contributed by atoms with Gasteiger partial charge in [0.05, 0.1) is 0 Å². The summed E-state index contributed by atoms with van der Waals surface area (Å²) in [6.07, 6.45) is 12.4. The van der Waals surface area contributed by atoms with E-state index in [1.165, 1.54) is 44.9 Å². The first-order valence-corrected chi connectivity index (χ1v) is 7.21. The number of allylic oxidation sites excluding steroid dienone is 1. The molecule has 1 N–H and O–H groups in total. The maximum Gasteiger partial charge on any atom is 0.0167 e. The van der Waals surface area contributed by atoms with E-state index in [2.05, 4.69) is 25.2 Å². The van der Waals surface area contributed by atoms with Gasteiger partial charge >= 0.3 is 0 Å². The zero-order valence-electron chi connectivity index (χ0n) is 11.0. The summed E-state index contributed by atoms with van der Waals surface area (Å²) in [5.41, 5.74) is 1.64. The molecule has 0 spiro atoms. The summed E-state index contributed by atoms with van der Waals surface area (Å²) in [6, 6.07) is 0.847. The molecule has 0 saturated heterocycles. The van der Waals surface area contributed by atoms with Crippen molar-refractivity contribution in [1.29, 1.82) is 0 Å². The van der Waals surface area contributed by atoms with Crippen molar-refractivity contribution in [3.05, 3.63) is 11.6 Å². The normalized spacial score (nSPS) is 31.8. The maximum absolute atomic E-state index is 3.64. The molecule has 0 bridgehead atoms. The van der Waals surface area contributed by atoms with Gasteiger partial charge in [-0.3, -0.25) is 0 Å². The molecule has 0 radical (unpaired) electrons. The molecular weight excluding hydrogens is 194 g/mol. The molecule has 0 heterocycles. The van der Waals surface area contributed by atoms with E-state index in [9.17, 15) is 0 Å². The van der Waals surface area contributed by atoms with Crippen LogP contribution in [0.4, 0.5) is 0 Å². The largest absolute Gasteiger partial charge is 0.310 e. The molecule has 2 unspecified atom stereocenters. The average Bonchev–Trinajstić information content (AvgIpc) is 3.08. The van der Waals surface area contributed by atoms with Gasteiger partial charge in [0, 0.05) is 12.6 Å². The highest BCUT2D eigenvalue weighted by atomic mass is 14.9. The standard InChI is InChI=1S/C15H27N/c1-3-13(11-16-15-7-8-15)10-14-6-4-5-12(2)9-14/h10,12,14-16H,3-9,11H2,1-2H3. The van der Waals surface area contributed by atoms with Crippen molar-refractivity contribution < 1.29 is 0 Å². The monoisotopic (exact) mass is 221 g/mol. The van der Waals surface area contributed by atoms with Gasteiger partial charge < -0.3 is 5.32 Å². The van der Waals surface area contributed by atoms with Crippen LogP contribution in [0.25, 0.3) is 0 Å². The van der Waals surface area contributed by atoms with Gasteiger partial charge in [0.15, 0.2) is 0 Å². The summed E-state index contributed by atoms with van der Waals surface area (Å²) in [6.45, 7) is 5.85. The van der Waals surface area contributed by atoms with E-state index in [-0.39, 0.29) is 0 Å². The van der Waals surface area contributed by atoms with E-state index in [0.717, 1.165) is 24.4 Å². The summed E-state index contributed by atoms with van der Waals surface area (Å²) in [7, 11) is 0. The highest BCUT2D eigenvalue weighted by Gasteiger charge is 2.21. The van der Waals surface area contributed by atoms with Crippen molar-refractivity contribution in [2.75, 3.05) is 6.54 Å². The van der Waals surface area contributed by atoms with Gasteiger partial charge in [-0.1, -0.05) is 38.3 Å². The molecule has 92 valence electrons. The first-order chi connectivity index (χ1) is 7.78. The van der Waals surface area contributed by atoms with Crippen LogP contribution < -0.4 is 5.32 Å². The van der Waals surface area contributed by atoms with Crippen molar-refractivity contribution in [1.82, 2.24) is 5.32 Å². The fourth-order valence-corrected chi connectivity index (χ4v) is 2.83. The van der Waals surface area contributed by atoms with E-state index in [1.54, 1.807) is 5.57 Å². The third-order valence-electron chi connectivity index (χ3n) is 4.10. The minimum atomic E-state index is 0.847. The zero-order chi connectivity index (χ0) is 11.4. The van der Waals surface area contributed by atoms with E-state index in [1.807, 2.05) is 0 Å². The molecule has 0 amide bonds. The first-order valence-electron chi connectivity index (χ1n) is 7.21. The molecule has 1 nitrogen and oxygen atoms in total. The fourth-order valence-electron chi connectivity index (χ4n) is 2.83. The Morgan fingerprint density at radius 3 is 2.69 bits per heavy atom. The molecule has 2 saturated carbocycles. The first kappa shape index (κ1) is 12.2. The molecule has 1 heteroatoms. The van der Waals surface area contributed by atoms with Crippen LogP contribution in [0, 0.1) is 11.8 Å². The van der Waals surface area contributed by atoms with Crippen LogP contribution in [0.2, 0.25) is 0 Å². The Hall–Kier alpha value is -0.300. The van der Waals surface area contributed by atoms with E-state index >= 15 is 0 Å². The molecule has 2 rings (SSSR count). The smallest absolute Gasteiger partial charge is 0.0167 e. The Bertz CT molecular complexity index is 240. The second-order valence-electron chi connectivity index (χ2n) is 5.87. The van der Waals surface area contributed by atoms with E-state index < -0.39 is 0 Å². The molecule has 2 atom stereocenters. The topological polar surface area (TPSA) is 12.0 Å². The Balaban J connectivity index is 1.80. The van der Waals surface area contributed by atoms with Crippen molar-refractivity contribution in [2.45, 2.75) is 64.8 Å². The number of nitrogens with one attached hydrogen (secondary N) is 1. The number of rotatable bonds is 5. The summed E-state index contributed by atoms with van der Waals surface area (Å²) < 4.78 is 0. The third kappa shape index (κ3) is 3.93. The molecular formula is C15H27N. The lowest BCUT2D eigenvalue weighted by molar-refractivity contribution is 0.324. The summed E-state index contributed by atoms with van der Waals surface area (Å²) in [5.74, 6) is 1.82. The Morgan fingerprint density at radius 2 is 2.06 bits per heavy atom. The van der Waals surface area contributed by atoms with Gasteiger partial charge in [-0.2, -0.15) is 0 Å². The van der Waals surface area contributed by atoms with Gasteiger partial charge in [-0.05, 0) is 43.9 Å². The Kier molecular flexibility index (Phi) is 4.45. The van der Waals surface area contributed by atoms with Crippen LogP contribution in [0.3, 0.4) is 0 Å². The molecule has 0 aliphatic heterocycles. The van der Waals surface area contributed by atoms with Crippen LogP contribution in [0.5, 0.6) is 0 Å². The lowest BCUT2D eigenvalue weighted by Crippen LogP contribution is -2.20. The van der Waals surface area contributed by atoms with Crippen LogP contribution in [0.15, 0.2) is 11.6 Å². The second-order valence-corrected chi connectivity index (χ2v) is 5.87. The second kappa shape index (κ2) is 5.86. The van der Waals surface area contributed by atoms with Gasteiger partial charge in [-0.25, -0.2) is 0 Å². The minimum absolute atomic E-state index is 0.847.